The van der Waals surface area contributed by atoms with Crippen LogP contribution in [0.2, 0.25) is 0 Å². The van der Waals surface area contributed by atoms with Crippen molar-refractivity contribution in [1.29, 1.82) is 0 Å². The largest absolute Gasteiger partial charge is 0.417 e. The molecule has 0 radical (unpaired) electrons. The number of aryl methyl sites for hydroxylation is 1. The molecule has 1 aromatic heterocycles. The van der Waals surface area contributed by atoms with Crippen LogP contribution in [0.1, 0.15) is 24.6 Å². The molecule has 12 heteroatoms. The van der Waals surface area contributed by atoms with Crippen LogP contribution in [-0.4, -0.2) is 63.6 Å². The van der Waals surface area contributed by atoms with E-state index >= 15 is 0 Å². The predicted molar refractivity (Wildman–Crippen MR) is 114 cm³/mol. The van der Waals surface area contributed by atoms with E-state index in [9.17, 15) is 32.7 Å². The van der Waals surface area contributed by atoms with E-state index in [2.05, 4.69) is 10.3 Å². The van der Waals surface area contributed by atoms with Crippen molar-refractivity contribution in [1.82, 2.24) is 20.5 Å². The molecule has 1 aromatic carbocycles. The van der Waals surface area contributed by atoms with Gasteiger partial charge in [-0.25, -0.2) is 4.98 Å². The zero-order chi connectivity index (χ0) is 24.3. The number of likely N-dealkylation sites (tertiary alicyclic amines) is 1. The summed E-state index contributed by atoms with van der Waals surface area (Å²) in [6.45, 7) is 2.41. The van der Waals surface area contributed by atoms with Crippen molar-refractivity contribution >= 4 is 29.1 Å². The Bertz CT molecular complexity index is 1030. The molecule has 2 unspecified atom stereocenters. The van der Waals surface area contributed by atoms with Crippen LogP contribution in [0.25, 0.3) is 10.4 Å². The summed E-state index contributed by atoms with van der Waals surface area (Å²) in [5.74, 6) is -3.21. The van der Waals surface area contributed by atoms with Crippen molar-refractivity contribution in [2.45, 2.75) is 51.2 Å². The molecule has 2 aromatic rings. The number of aliphatic hydroxyl groups excluding tert-OH is 1. The van der Waals surface area contributed by atoms with Gasteiger partial charge in [0.2, 0.25) is 17.9 Å². The zero-order valence-corrected chi connectivity index (χ0v) is 18.7. The molecule has 1 saturated heterocycles. The Labute approximate surface area is 191 Å². The lowest BCUT2D eigenvalue weighted by Gasteiger charge is -2.29. The van der Waals surface area contributed by atoms with Gasteiger partial charge in [-0.1, -0.05) is 24.3 Å². The molecule has 33 heavy (non-hydrogen) atoms. The number of carbonyl (C=O) groups excluding carboxylic acids is 3. The summed E-state index contributed by atoms with van der Waals surface area (Å²) in [7, 11) is 0. The lowest BCUT2D eigenvalue weighted by atomic mass is 10.1. The van der Waals surface area contributed by atoms with Crippen molar-refractivity contribution in [2.24, 2.45) is 0 Å². The first-order valence-electron chi connectivity index (χ1n) is 10.1. The standard InChI is InChI=1S/C21H23F3N4O4S/c1-11-17(33-10-26-11)14-5-3-13(4-6-14)8-25-19(31)16-7-15(30)9-28(16)20(32)18(21(22,23)24)27-12(2)29/h3-6,10,15-16,18,30H,7-9H2,1-2H3,(H,25,31)(H,27,29)/t15-,16?,18?/m1/s1. The molecule has 1 aliphatic rings. The fraction of sp³-hybridized carbons (Fsp3) is 0.429. The van der Waals surface area contributed by atoms with Crippen LogP contribution in [0, 0.1) is 6.92 Å². The monoisotopic (exact) mass is 484 g/mol. The topological polar surface area (TPSA) is 112 Å². The Kier molecular flexibility index (Phi) is 7.38. The summed E-state index contributed by atoms with van der Waals surface area (Å²) < 4.78 is 39.9. The highest BCUT2D eigenvalue weighted by molar-refractivity contribution is 7.13. The van der Waals surface area contributed by atoms with Gasteiger partial charge in [-0.05, 0) is 18.1 Å². The number of hydrogen-bond donors (Lipinski definition) is 3. The molecule has 0 bridgehead atoms. The number of rotatable bonds is 6. The number of hydrogen-bond acceptors (Lipinski definition) is 6. The van der Waals surface area contributed by atoms with Gasteiger partial charge in [0, 0.05) is 26.4 Å². The Balaban J connectivity index is 1.67. The van der Waals surface area contributed by atoms with Gasteiger partial charge in [0.25, 0.3) is 5.91 Å². The normalized spacial score (nSPS) is 19.3. The van der Waals surface area contributed by atoms with Crippen LogP contribution in [0.3, 0.4) is 0 Å². The fourth-order valence-electron chi connectivity index (χ4n) is 3.62. The Morgan fingerprint density at radius 1 is 1.27 bits per heavy atom. The van der Waals surface area contributed by atoms with Gasteiger partial charge >= 0.3 is 6.18 Å². The molecule has 3 N–H and O–H groups in total. The number of aromatic nitrogens is 1. The second kappa shape index (κ2) is 9.87. The van der Waals surface area contributed by atoms with Gasteiger partial charge in [-0.2, -0.15) is 13.2 Å². The predicted octanol–water partition coefficient (Wildman–Crippen LogP) is 1.76. The number of nitrogens with zero attached hydrogens (tertiary/aromatic N) is 2. The third-order valence-electron chi connectivity index (χ3n) is 5.21. The second-order valence-corrected chi connectivity index (χ2v) is 8.61. The molecule has 3 rings (SSSR count). The van der Waals surface area contributed by atoms with Gasteiger partial charge in [-0.3, -0.25) is 14.4 Å². The molecule has 178 valence electrons. The van der Waals surface area contributed by atoms with E-state index < -0.39 is 48.6 Å². The van der Waals surface area contributed by atoms with Gasteiger partial charge in [-0.15, -0.1) is 11.3 Å². The number of thiazole rings is 1. The van der Waals surface area contributed by atoms with Crippen molar-refractivity contribution < 1.29 is 32.7 Å². The van der Waals surface area contributed by atoms with E-state index in [1.165, 1.54) is 11.3 Å². The first kappa shape index (κ1) is 24.6. The molecular formula is C21H23F3N4O4S. The molecule has 1 fully saturated rings. The minimum absolute atomic E-state index is 0.0871. The van der Waals surface area contributed by atoms with Crippen LogP contribution < -0.4 is 10.6 Å². The summed E-state index contributed by atoms with van der Waals surface area (Å²) in [4.78, 5) is 42.3. The third kappa shape index (κ3) is 5.88. The zero-order valence-electron chi connectivity index (χ0n) is 17.8. The smallest absolute Gasteiger partial charge is 0.391 e. The van der Waals surface area contributed by atoms with Crippen LogP contribution in [0.4, 0.5) is 13.2 Å². The first-order chi connectivity index (χ1) is 15.5. The molecule has 8 nitrogen and oxygen atoms in total. The molecule has 0 aliphatic carbocycles. The highest BCUT2D eigenvalue weighted by Gasteiger charge is 2.51. The number of β-amino-alcohol motifs (C(OH)–C–C–N with tert-alkyl or cyclic N) is 1. The highest BCUT2D eigenvalue weighted by Crippen LogP contribution is 2.28. The maximum atomic E-state index is 13.3. The van der Waals surface area contributed by atoms with Crippen molar-refractivity contribution in [2.75, 3.05) is 6.54 Å². The fourth-order valence-corrected chi connectivity index (χ4v) is 4.43. The Morgan fingerprint density at radius 2 is 1.94 bits per heavy atom. The van der Waals surface area contributed by atoms with E-state index in [0.717, 1.165) is 28.6 Å². The lowest BCUT2D eigenvalue weighted by Crippen LogP contribution is -2.58. The average molecular weight is 485 g/mol. The number of alkyl halides is 3. The third-order valence-corrected chi connectivity index (χ3v) is 6.19. The summed E-state index contributed by atoms with van der Waals surface area (Å²) in [5.41, 5.74) is 4.37. The summed E-state index contributed by atoms with van der Waals surface area (Å²) in [6.07, 6.45) is -6.40. The summed E-state index contributed by atoms with van der Waals surface area (Å²) >= 11 is 1.51. The molecule has 1 aliphatic heterocycles. The van der Waals surface area contributed by atoms with Gasteiger partial charge in [0.15, 0.2) is 0 Å². The first-order valence-corrected chi connectivity index (χ1v) is 10.9. The van der Waals surface area contributed by atoms with Gasteiger partial charge in [0.1, 0.15) is 6.04 Å². The Hall–Kier alpha value is -2.99. The van der Waals surface area contributed by atoms with E-state index in [0.29, 0.717) is 4.90 Å². The SMILES string of the molecule is CC(=O)NC(C(=O)N1C[C@H](O)CC1C(=O)NCc1ccc(-c2scnc2C)cc1)C(F)(F)F. The van der Waals surface area contributed by atoms with Crippen molar-refractivity contribution in [3.63, 3.8) is 0 Å². The van der Waals surface area contributed by atoms with Crippen LogP contribution in [0.5, 0.6) is 0 Å². The number of aliphatic hydroxyl groups is 1. The quantitative estimate of drug-likeness (QED) is 0.579. The van der Waals surface area contributed by atoms with Crippen molar-refractivity contribution in [3.8, 4) is 10.4 Å². The molecule has 2 heterocycles. The van der Waals surface area contributed by atoms with Crippen molar-refractivity contribution in [3.05, 3.63) is 41.0 Å². The molecular weight excluding hydrogens is 461 g/mol. The van der Waals surface area contributed by atoms with E-state index in [1.54, 1.807) is 23.0 Å². The summed E-state index contributed by atoms with van der Waals surface area (Å²) in [5, 5.41) is 14.1. The van der Waals surface area contributed by atoms with Gasteiger partial charge in [0.05, 0.1) is 22.2 Å². The average Bonchev–Trinajstić information content (AvgIpc) is 3.35. The molecule has 3 amide bonds. The van der Waals surface area contributed by atoms with E-state index in [4.69, 9.17) is 0 Å². The molecule has 3 atom stereocenters. The molecule has 0 spiro atoms. The summed E-state index contributed by atoms with van der Waals surface area (Å²) in [6, 6.07) is 3.27. The number of amides is 3. The second-order valence-electron chi connectivity index (χ2n) is 7.75. The lowest BCUT2D eigenvalue weighted by molar-refractivity contribution is -0.179. The number of nitrogens with one attached hydrogen (secondary N) is 2. The van der Waals surface area contributed by atoms with Crippen LogP contribution >= 0.6 is 11.3 Å². The minimum Gasteiger partial charge on any atom is -0.391 e. The number of halogens is 3. The van der Waals surface area contributed by atoms with Crippen LogP contribution in [-0.2, 0) is 20.9 Å². The minimum atomic E-state index is -5.05. The number of carbonyl (C=O) groups is 3. The van der Waals surface area contributed by atoms with Crippen LogP contribution in [0.15, 0.2) is 29.8 Å². The maximum absolute atomic E-state index is 13.3. The maximum Gasteiger partial charge on any atom is 0.417 e. The van der Waals surface area contributed by atoms with E-state index in [-0.39, 0.29) is 13.0 Å². The van der Waals surface area contributed by atoms with E-state index in [1.807, 2.05) is 19.1 Å². The Morgan fingerprint density at radius 3 is 2.48 bits per heavy atom. The highest BCUT2D eigenvalue weighted by atomic mass is 32.1. The molecule has 0 saturated carbocycles. The number of benzene rings is 1. The van der Waals surface area contributed by atoms with Gasteiger partial charge < -0.3 is 20.6 Å².